The molecule has 0 bridgehead atoms. The maximum atomic E-state index is 10.9. The van der Waals surface area contributed by atoms with Crippen LogP contribution in [0, 0.1) is 0 Å². The van der Waals surface area contributed by atoms with Crippen LogP contribution >= 0.6 is 0 Å². The monoisotopic (exact) mass is 337 g/mol. The minimum absolute atomic E-state index is 0.0536. The van der Waals surface area contributed by atoms with Gasteiger partial charge in [0.15, 0.2) is 5.96 Å². The van der Waals surface area contributed by atoms with Gasteiger partial charge in [0.2, 0.25) is 0 Å². The fraction of sp³-hybridized carbons (Fsp3) is 0.929. The van der Waals surface area contributed by atoms with Gasteiger partial charge in [-0.25, -0.2) is 8.42 Å². The number of hydrogen-bond acceptors (Lipinski definition) is 5. The summed E-state index contributed by atoms with van der Waals surface area (Å²) in [4.78, 5) is 4.09. The minimum Gasteiger partial charge on any atom is -0.381 e. The second kappa shape index (κ2) is 13.8. The SMILES string of the molecule is CCCCOCCCNC(=NC)NCCOCCS(C)(=O)=O. The van der Waals surface area contributed by atoms with Gasteiger partial charge in [0, 0.05) is 39.6 Å². The van der Waals surface area contributed by atoms with Crippen molar-refractivity contribution in [1.82, 2.24) is 10.6 Å². The predicted octanol–water partition coefficient (Wildman–Crippen LogP) is 0.419. The number of nitrogens with zero attached hydrogens (tertiary/aromatic N) is 1. The largest absolute Gasteiger partial charge is 0.381 e. The molecule has 0 amide bonds. The highest BCUT2D eigenvalue weighted by Gasteiger charge is 2.01. The Kier molecular flexibility index (Phi) is 13.2. The van der Waals surface area contributed by atoms with E-state index in [1.165, 1.54) is 6.26 Å². The van der Waals surface area contributed by atoms with Gasteiger partial charge in [0.25, 0.3) is 0 Å². The first-order chi connectivity index (χ1) is 10.5. The fourth-order valence-corrected chi connectivity index (χ4v) is 1.92. The lowest BCUT2D eigenvalue weighted by atomic mass is 10.4. The van der Waals surface area contributed by atoms with Crippen LogP contribution in [0.25, 0.3) is 0 Å². The molecule has 8 heteroatoms. The van der Waals surface area contributed by atoms with Gasteiger partial charge in [-0.2, -0.15) is 0 Å². The van der Waals surface area contributed by atoms with Crippen molar-refractivity contribution in [2.45, 2.75) is 26.2 Å². The van der Waals surface area contributed by atoms with Crippen LogP contribution in [-0.2, 0) is 19.3 Å². The Balaban J connectivity index is 3.48. The second-order valence-corrected chi connectivity index (χ2v) is 7.25. The molecule has 0 spiro atoms. The molecule has 0 unspecified atom stereocenters. The molecule has 0 rings (SSSR count). The van der Waals surface area contributed by atoms with Gasteiger partial charge in [-0.15, -0.1) is 0 Å². The zero-order chi connectivity index (χ0) is 16.7. The zero-order valence-corrected chi connectivity index (χ0v) is 14.9. The average Bonchev–Trinajstić information content (AvgIpc) is 2.46. The predicted molar refractivity (Wildman–Crippen MR) is 90.2 cm³/mol. The molecule has 0 aliphatic heterocycles. The molecule has 0 aromatic heterocycles. The number of guanidine groups is 1. The summed E-state index contributed by atoms with van der Waals surface area (Å²) in [6.07, 6.45) is 4.39. The highest BCUT2D eigenvalue weighted by atomic mass is 32.2. The number of aliphatic imine (C=N–C) groups is 1. The van der Waals surface area contributed by atoms with Gasteiger partial charge in [-0.1, -0.05) is 13.3 Å². The summed E-state index contributed by atoms with van der Waals surface area (Å²) < 4.78 is 32.5. The van der Waals surface area contributed by atoms with Crippen LogP contribution in [0.1, 0.15) is 26.2 Å². The van der Waals surface area contributed by atoms with E-state index in [4.69, 9.17) is 9.47 Å². The van der Waals surface area contributed by atoms with E-state index in [9.17, 15) is 8.42 Å². The molecule has 0 aliphatic rings. The molecule has 0 saturated carbocycles. The normalized spacial score (nSPS) is 12.4. The van der Waals surface area contributed by atoms with Crippen molar-refractivity contribution in [2.75, 3.05) is 58.6 Å². The van der Waals surface area contributed by atoms with Gasteiger partial charge >= 0.3 is 0 Å². The minimum atomic E-state index is -2.95. The van der Waals surface area contributed by atoms with Gasteiger partial charge in [-0.05, 0) is 12.8 Å². The molecule has 0 atom stereocenters. The van der Waals surface area contributed by atoms with Crippen molar-refractivity contribution in [1.29, 1.82) is 0 Å². The Morgan fingerprint density at radius 1 is 1.00 bits per heavy atom. The molecule has 0 saturated heterocycles. The molecule has 0 radical (unpaired) electrons. The number of nitrogens with one attached hydrogen (secondary N) is 2. The average molecular weight is 337 g/mol. The van der Waals surface area contributed by atoms with Crippen LogP contribution in [0.4, 0.5) is 0 Å². The van der Waals surface area contributed by atoms with E-state index < -0.39 is 9.84 Å². The van der Waals surface area contributed by atoms with E-state index in [1.807, 2.05) is 0 Å². The topological polar surface area (TPSA) is 89.0 Å². The van der Waals surface area contributed by atoms with E-state index in [0.717, 1.165) is 39.0 Å². The number of ether oxygens (including phenoxy) is 2. The Hall–Kier alpha value is -0.860. The standard InChI is InChI=1S/C14H31N3O4S/c1-4-5-9-20-10-6-7-16-14(15-2)17-8-11-21-12-13-22(3,18)19/h4-13H2,1-3H3,(H2,15,16,17). The van der Waals surface area contributed by atoms with E-state index in [2.05, 4.69) is 22.5 Å². The van der Waals surface area contributed by atoms with Crippen molar-refractivity contribution in [3.8, 4) is 0 Å². The summed E-state index contributed by atoms with van der Waals surface area (Å²) in [6, 6.07) is 0. The number of sulfone groups is 1. The van der Waals surface area contributed by atoms with Crippen molar-refractivity contribution < 1.29 is 17.9 Å². The van der Waals surface area contributed by atoms with Gasteiger partial charge in [0.05, 0.1) is 19.0 Å². The number of rotatable bonds is 13. The highest BCUT2D eigenvalue weighted by Crippen LogP contribution is 1.89. The molecule has 0 heterocycles. The Morgan fingerprint density at radius 2 is 1.64 bits per heavy atom. The second-order valence-electron chi connectivity index (χ2n) is 4.99. The molecule has 2 N–H and O–H groups in total. The molecule has 0 aromatic rings. The third-order valence-corrected chi connectivity index (χ3v) is 3.67. The molecule has 132 valence electrons. The van der Waals surface area contributed by atoms with Gasteiger partial charge in [0.1, 0.15) is 9.84 Å². The van der Waals surface area contributed by atoms with E-state index in [-0.39, 0.29) is 12.4 Å². The molecule has 22 heavy (non-hydrogen) atoms. The summed E-state index contributed by atoms with van der Waals surface area (Å²) in [5.41, 5.74) is 0. The van der Waals surface area contributed by atoms with E-state index in [1.54, 1.807) is 7.05 Å². The summed E-state index contributed by atoms with van der Waals surface area (Å²) >= 11 is 0. The van der Waals surface area contributed by atoms with Gasteiger partial charge < -0.3 is 20.1 Å². The Labute approximate surface area is 134 Å². The summed E-state index contributed by atoms with van der Waals surface area (Å²) in [5, 5.41) is 6.28. The third-order valence-electron chi connectivity index (χ3n) is 2.76. The maximum absolute atomic E-state index is 10.9. The maximum Gasteiger partial charge on any atom is 0.191 e. The zero-order valence-electron chi connectivity index (χ0n) is 14.1. The summed E-state index contributed by atoms with van der Waals surface area (Å²) in [6.45, 7) is 5.76. The smallest absolute Gasteiger partial charge is 0.191 e. The Bertz CT molecular complexity index is 386. The van der Waals surface area contributed by atoms with Crippen LogP contribution in [-0.4, -0.2) is 73.0 Å². The quantitative estimate of drug-likeness (QED) is 0.288. The van der Waals surface area contributed by atoms with Crippen molar-refractivity contribution >= 4 is 15.8 Å². The lowest BCUT2D eigenvalue weighted by Crippen LogP contribution is -2.39. The van der Waals surface area contributed by atoms with Crippen molar-refractivity contribution in [3.63, 3.8) is 0 Å². The summed E-state index contributed by atoms with van der Waals surface area (Å²) in [7, 11) is -1.24. The molecule has 0 aromatic carbocycles. The molecular weight excluding hydrogens is 306 g/mol. The fourth-order valence-electron chi connectivity index (χ4n) is 1.50. The third kappa shape index (κ3) is 15.5. The first-order valence-corrected chi connectivity index (χ1v) is 9.83. The Morgan fingerprint density at radius 3 is 2.27 bits per heavy atom. The van der Waals surface area contributed by atoms with Crippen LogP contribution in [0.5, 0.6) is 0 Å². The van der Waals surface area contributed by atoms with E-state index >= 15 is 0 Å². The number of hydrogen-bond donors (Lipinski definition) is 2. The molecule has 0 aliphatic carbocycles. The summed E-state index contributed by atoms with van der Waals surface area (Å²) in [5.74, 6) is 0.762. The number of unbranched alkanes of at least 4 members (excludes halogenated alkanes) is 1. The van der Waals surface area contributed by atoms with E-state index in [0.29, 0.717) is 19.1 Å². The lowest BCUT2D eigenvalue weighted by molar-refractivity contribution is 0.129. The lowest BCUT2D eigenvalue weighted by Gasteiger charge is -2.12. The van der Waals surface area contributed by atoms with Crippen LogP contribution in [0.2, 0.25) is 0 Å². The molecular formula is C14H31N3O4S. The van der Waals surface area contributed by atoms with Crippen molar-refractivity contribution in [3.05, 3.63) is 0 Å². The van der Waals surface area contributed by atoms with Crippen molar-refractivity contribution in [2.24, 2.45) is 4.99 Å². The van der Waals surface area contributed by atoms with Crippen LogP contribution in [0.15, 0.2) is 4.99 Å². The van der Waals surface area contributed by atoms with Crippen LogP contribution in [0.3, 0.4) is 0 Å². The first-order valence-electron chi connectivity index (χ1n) is 7.77. The molecule has 7 nitrogen and oxygen atoms in total. The molecule has 0 fully saturated rings. The van der Waals surface area contributed by atoms with Crippen LogP contribution < -0.4 is 10.6 Å². The first kappa shape index (κ1) is 21.1. The van der Waals surface area contributed by atoms with Gasteiger partial charge in [-0.3, -0.25) is 4.99 Å². The highest BCUT2D eigenvalue weighted by molar-refractivity contribution is 7.90.